The van der Waals surface area contributed by atoms with Crippen molar-refractivity contribution in [3.63, 3.8) is 0 Å². The molecule has 0 radical (unpaired) electrons. The molecule has 7 heteroatoms. The van der Waals surface area contributed by atoms with E-state index in [1.165, 1.54) is 12.0 Å². The molecule has 3 aromatic rings. The summed E-state index contributed by atoms with van der Waals surface area (Å²) in [5.74, 6) is 1.84. The van der Waals surface area contributed by atoms with Crippen molar-refractivity contribution in [2.75, 3.05) is 47.9 Å². The molecule has 1 aliphatic rings. The molecule has 0 bridgehead atoms. The first-order chi connectivity index (χ1) is 14.7. The smallest absolute Gasteiger partial charge is 0.256 e. The van der Waals surface area contributed by atoms with Gasteiger partial charge in [-0.3, -0.25) is 4.79 Å². The van der Waals surface area contributed by atoms with Crippen molar-refractivity contribution >= 4 is 23.2 Å². The molecular formula is C23H25N5O2. The zero-order valence-corrected chi connectivity index (χ0v) is 17.0. The molecular weight excluding hydrogens is 378 g/mol. The largest absolute Gasteiger partial charge is 0.494 e. The summed E-state index contributed by atoms with van der Waals surface area (Å²) in [6.07, 6.45) is 1.49. The van der Waals surface area contributed by atoms with Crippen LogP contribution in [0.4, 0.5) is 17.3 Å². The number of ether oxygens (including phenoxy) is 1. The Balaban J connectivity index is 1.37. The molecule has 2 aromatic carbocycles. The third kappa shape index (κ3) is 4.68. The zero-order chi connectivity index (χ0) is 20.8. The number of para-hydroxylation sites is 1. The first kappa shape index (κ1) is 19.7. The van der Waals surface area contributed by atoms with Crippen LogP contribution in [0.25, 0.3) is 0 Å². The fourth-order valence-electron chi connectivity index (χ4n) is 3.48. The number of hydrogen-bond acceptors (Lipinski definition) is 6. The van der Waals surface area contributed by atoms with Crippen LogP contribution in [0.15, 0.2) is 67.0 Å². The Labute approximate surface area is 176 Å². The van der Waals surface area contributed by atoms with Crippen LogP contribution in [0.3, 0.4) is 0 Å². The summed E-state index contributed by atoms with van der Waals surface area (Å²) in [4.78, 5) is 25.7. The van der Waals surface area contributed by atoms with Crippen LogP contribution in [-0.2, 0) is 0 Å². The van der Waals surface area contributed by atoms with Gasteiger partial charge in [-0.2, -0.15) is 0 Å². The molecule has 0 atom stereocenters. The molecule has 1 amide bonds. The molecule has 30 heavy (non-hydrogen) atoms. The number of rotatable bonds is 6. The Morgan fingerprint density at radius 3 is 2.37 bits per heavy atom. The van der Waals surface area contributed by atoms with Crippen molar-refractivity contribution in [1.29, 1.82) is 0 Å². The van der Waals surface area contributed by atoms with E-state index >= 15 is 0 Å². The van der Waals surface area contributed by atoms with Gasteiger partial charge in [0.05, 0.1) is 6.61 Å². The first-order valence-electron chi connectivity index (χ1n) is 10.1. The lowest BCUT2D eigenvalue weighted by atomic mass is 10.2. The second-order valence-corrected chi connectivity index (χ2v) is 6.98. The van der Waals surface area contributed by atoms with Crippen molar-refractivity contribution in [2.24, 2.45) is 0 Å². The van der Waals surface area contributed by atoms with Gasteiger partial charge in [-0.05, 0) is 43.3 Å². The summed E-state index contributed by atoms with van der Waals surface area (Å²) < 4.78 is 5.42. The monoisotopic (exact) mass is 403 g/mol. The Bertz CT molecular complexity index is 970. The lowest BCUT2D eigenvalue weighted by Crippen LogP contribution is -2.46. The average molecular weight is 403 g/mol. The number of hydrogen-bond donors (Lipinski definition) is 1. The summed E-state index contributed by atoms with van der Waals surface area (Å²) in [5, 5.41) is 2.86. The Hall–Kier alpha value is -3.61. The Kier molecular flexibility index (Phi) is 6.08. The van der Waals surface area contributed by atoms with Gasteiger partial charge >= 0.3 is 0 Å². The van der Waals surface area contributed by atoms with Crippen molar-refractivity contribution in [3.05, 3.63) is 72.6 Å². The molecule has 0 spiro atoms. The lowest BCUT2D eigenvalue weighted by molar-refractivity contribution is 0.102. The van der Waals surface area contributed by atoms with E-state index in [0.717, 1.165) is 37.7 Å². The van der Waals surface area contributed by atoms with Gasteiger partial charge in [0.15, 0.2) is 0 Å². The van der Waals surface area contributed by atoms with Gasteiger partial charge < -0.3 is 19.9 Å². The normalized spacial score (nSPS) is 13.8. The molecule has 0 unspecified atom stereocenters. The zero-order valence-electron chi connectivity index (χ0n) is 17.0. The molecule has 1 aliphatic heterocycles. The van der Waals surface area contributed by atoms with Gasteiger partial charge in [-0.25, -0.2) is 9.97 Å². The van der Waals surface area contributed by atoms with Crippen molar-refractivity contribution in [3.8, 4) is 5.75 Å². The molecule has 0 aliphatic carbocycles. The van der Waals surface area contributed by atoms with Crippen molar-refractivity contribution in [2.45, 2.75) is 6.92 Å². The second-order valence-electron chi connectivity index (χ2n) is 6.98. The molecule has 1 fully saturated rings. The predicted octanol–water partition coefficient (Wildman–Crippen LogP) is 3.45. The summed E-state index contributed by atoms with van der Waals surface area (Å²) in [7, 11) is 0. The van der Waals surface area contributed by atoms with E-state index in [9.17, 15) is 4.79 Å². The van der Waals surface area contributed by atoms with Gasteiger partial charge in [0, 0.05) is 43.5 Å². The molecule has 2 heterocycles. The maximum atomic E-state index is 12.5. The molecule has 154 valence electrons. The van der Waals surface area contributed by atoms with Crippen LogP contribution >= 0.6 is 0 Å². The number of carbonyl (C=O) groups is 1. The van der Waals surface area contributed by atoms with Crippen molar-refractivity contribution in [1.82, 2.24) is 9.97 Å². The minimum absolute atomic E-state index is 0.211. The SMILES string of the molecule is CCOc1ccc(C(=O)Nc2cc(N3CCN(c4ccccc4)CC3)ncn2)cc1. The predicted molar refractivity (Wildman–Crippen MR) is 118 cm³/mol. The molecule has 1 aromatic heterocycles. The van der Waals surface area contributed by atoms with Gasteiger partial charge in [-0.15, -0.1) is 0 Å². The highest BCUT2D eigenvalue weighted by Crippen LogP contribution is 2.20. The average Bonchev–Trinajstić information content (AvgIpc) is 2.81. The molecule has 4 rings (SSSR count). The third-order valence-electron chi connectivity index (χ3n) is 5.05. The number of aromatic nitrogens is 2. The maximum Gasteiger partial charge on any atom is 0.256 e. The number of carbonyl (C=O) groups excluding carboxylic acids is 1. The lowest BCUT2D eigenvalue weighted by Gasteiger charge is -2.36. The van der Waals surface area contributed by atoms with Crippen LogP contribution < -0.4 is 19.9 Å². The summed E-state index contributed by atoms with van der Waals surface area (Å²) >= 11 is 0. The third-order valence-corrected chi connectivity index (χ3v) is 5.05. The topological polar surface area (TPSA) is 70.6 Å². The maximum absolute atomic E-state index is 12.5. The highest BCUT2D eigenvalue weighted by Gasteiger charge is 2.19. The van der Waals surface area contributed by atoms with Crippen LogP contribution in [-0.4, -0.2) is 48.7 Å². The van der Waals surface area contributed by atoms with Gasteiger partial charge in [0.25, 0.3) is 5.91 Å². The molecule has 1 N–H and O–H groups in total. The van der Waals surface area contributed by atoms with Crippen LogP contribution in [0, 0.1) is 0 Å². The fourth-order valence-corrected chi connectivity index (χ4v) is 3.48. The van der Waals surface area contributed by atoms with Gasteiger partial charge in [-0.1, -0.05) is 18.2 Å². The van der Waals surface area contributed by atoms with Crippen LogP contribution in [0.2, 0.25) is 0 Å². The molecule has 1 saturated heterocycles. The van der Waals surface area contributed by atoms with E-state index < -0.39 is 0 Å². The molecule has 7 nitrogen and oxygen atoms in total. The van der Waals surface area contributed by atoms with Gasteiger partial charge in [0.2, 0.25) is 0 Å². The summed E-state index contributed by atoms with van der Waals surface area (Å²) in [6.45, 7) is 6.07. The highest BCUT2D eigenvalue weighted by atomic mass is 16.5. The minimum atomic E-state index is -0.211. The van der Waals surface area contributed by atoms with Crippen molar-refractivity contribution < 1.29 is 9.53 Å². The van der Waals surface area contributed by atoms with Gasteiger partial charge in [0.1, 0.15) is 23.7 Å². The van der Waals surface area contributed by atoms with E-state index in [1.54, 1.807) is 24.3 Å². The standard InChI is InChI=1S/C23H25N5O2/c1-2-30-20-10-8-18(9-11-20)23(29)26-21-16-22(25-17-24-21)28-14-12-27(13-15-28)19-6-4-3-5-7-19/h3-11,16-17H,2,12-15H2,1H3,(H,24,25,26,29). The second kappa shape index (κ2) is 9.26. The van der Waals surface area contributed by atoms with E-state index in [1.807, 2.05) is 19.1 Å². The quantitative estimate of drug-likeness (QED) is 0.680. The van der Waals surface area contributed by atoms with E-state index in [2.05, 4.69) is 49.4 Å². The van der Waals surface area contributed by atoms with Crippen LogP contribution in [0.1, 0.15) is 17.3 Å². The summed E-state index contributed by atoms with van der Waals surface area (Å²) in [5.41, 5.74) is 1.79. The van der Waals surface area contributed by atoms with E-state index in [0.29, 0.717) is 18.0 Å². The number of benzene rings is 2. The number of piperazine rings is 1. The van der Waals surface area contributed by atoms with E-state index in [4.69, 9.17) is 4.74 Å². The first-order valence-corrected chi connectivity index (χ1v) is 10.1. The number of nitrogens with one attached hydrogen (secondary N) is 1. The summed E-state index contributed by atoms with van der Waals surface area (Å²) in [6, 6.07) is 19.3. The molecule has 0 saturated carbocycles. The minimum Gasteiger partial charge on any atom is -0.494 e. The number of amides is 1. The number of nitrogens with zero attached hydrogens (tertiary/aromatic N) is 4. The fraction of sp³-hybridized carbons (Fsp3) is 0.261. The highest BCUT2D eigenvalue weighted by molar-refractivity contribution is 6.03. The number of anilines is 3. The van der Waals surface area contributed by atoms with E-state index in [-0.39, 0.29) is 5.91 Å². The Morgan fingerprint density at radius 1 is 0.967 bits per heavy atom. The Morgan fingerprint density at radius 2 is 1.67 bits per heavy atom. The van der Waals surface area contributed by atoms with Crippen LogP contribution in [0.5, 0.6) is 5.75 Å².